The van der Waals surface area contributed by atoms with Gasteiger partial charge in [-0.25, -0.2) is 13.4 Å². The van der Waals surface area contributed by atoms with Crippen molar-refractivity contribution in [2.24, 2.45) is 13.0 Å². The Balaban J connectivity index is 1.95. The molecule has 3 rings (SSSR count). The van der Waals surface area contributed by atoms with E-state index in [-0.39, 0.29) is 11.1 Å². The molecule has 1 N–H and O–H groups in total. The molecule has 0 aromatic carbocycles. The number of aromatic nitrogens is 2. The molecule has 0 saturated carbocycles. The standard InChI is InChI=1S/C11H18N4O2S/c1-8-13-11(7-14(8)2)18(16,17)15-4-3-9-5-12-6-10(9)15/h7,9-10,12H,3-6H2,1-2H3/t9-,10+/m0/s1. The second-order valence-corrected chi connectivity index (χ2v) is 6.96. The van der Waals surface area contributed by atoms with Gasteiger partial charge in [-0.05, 0) is 25.8 Å². The molecular weight excluding hydrogens is 252 g/mol. The first-order valence-corrected chi connectivity index (χ1v) is 7.66. The summed E-state index contributed by atoms with van der Waals surface area (Å²) in [5.74, 6) is 1.18. The van der Waals surface area contributed by atoms with Crippen LogP contribution in [0, 0.1) is 12.8 Å². The summed E-state index contributed by atoms with van der Waals surface area (Å²) in [7, 11) is -1.62. The van der Waals surface area contributed by atoms with Crippen molar-refractivity contribution in [3.63, 3.8) is 0 Å². The fourth-order valence-electron chi connectivity index (χ4n) is 2.88. The maximum atomic E-state index is 12.6. The van der Waals surface area contributed by atoms with E-state index in [2.05, 4.69) is 10.3 Å². The molecule has 18 heavy (non-hydrogen) atoms. The summed E-state index contributed by atoms with van der Waals surface area (Å²) in [6.45, 7) is 4.12. The van der Waals surface area contributed by atoms with Crippen molar-refractivity contribution in [3.8, 4) is 0 Å². The zero-order valence-corrected chi connectivity index (χ0v) is 11.4. The summed E-state index contributed by atoms with van der Waals surface area (Å²) >= 11 is 0. The molecule has 2 aliphatic heterocycles. The van der Waals surface area contributed by atoms with Crippen LogP contribution in [0.4, 0.5) is 0 Å². The van der Waals surface area contributed by atoms with Crippen LogP contribution in [0.1, 0.15) is 12.2 Å². The quantitative estimate of drug-likeness (QED) is 0.802. The minimum absolute atomic E-state index is 0.109. The van der Waals surface area contributed by atoms with E-state index in [1.54, 1.807) is 15.1 Å². The normalized spacial score (nSPS) is 28.8. The topological polar surface area (TPSA) is 67.2 Å². The lowest BCUT2D eigenvalue weighted by molar-refractivity contribution is 0.381. The summed E-state index contributed by atoms with van der Waals surface area (Å²) in [5, 5.41) is 3.44. The van der Waals surface area contributed by atoms with Crippen LogP contribution >= 0.6 is 0 Å². The molecule has 100 valence electrons. The Morgan fingerprint density at radius 3 is 2.89 bits per heavy atom. The van der Waals surface area contributed by atoms with Crippen LogP contribution in [0.2, 0.25) is 0 Å². The highest BCUT2D eigenvalue weighted by Gasteiger charge is 2.44. The number of nitrogens with zero attached hydrogens (tertiary/aromatic N) is 3. The van der Waals surface area contributed by atoms with Gasteiger partial charge in [0.1, 0.15) is 5.82 Å². The zero-order chi connectivity index (χ0) is 12.9. The molecule has 3 heterocycles. The molecule has 1 aromatic heterocycles. The van der Waals surface area contributed by atoms with Crippen molar-refractivity contribution < 1.29 is 8.42 Å². The highest BCUT2D eigenvalue weighted by atomic mass is 32.2. The number of fused-ring (bicyclic) bond motifs is 1. The Bertz CT molecular complexity index is 546. The van der Waals surface area contributed by atoms with E-state index >= 15 is 0 Å². The molecule has 0 bridgehead atoms. The Morgan fingerprint density at radius 1 is 1.44 bits per heavy atom. The van der Waals surface area contributed by atoms with Gasteiger partial charge in [-0.1, -0.05) is 0 Å². The van der Waals surface area contributed by atoms with Crippen molar-refractivity contribution in [2.45, 2.75) is 24.4 Å². The largest absolute Gasteiger partial charge is 0.337 e. The van der Waals surface area contributed by atoms with Gasteiger partial charge in [0.2, 0.25) is 0 Å². The van der Waals surface area contributed by atoms with Crippen LogP contribution in [0.5, 0.6) is 0 Å². The van der Waals surface area contributed by atoms with Crippen LogP contribution in [0.15, 0.2) is 11.2 Å². The molecule has 2 saturated heterocycles. The molecule has 6 nitrogen and oxygen atoms in total. The monoisotopic (exact) mass is 270 g/mol. The smallest absolute Gasteiger partial charge is 0.262 e. The second-order valence-electron chi connectivity index (χ2n) is 5.13. The molecular formula is C11H18N4O2S. The van der Waals surface area contributed by atoms with Gasteiger partial charge in [0.15, 0.2) is 5.03 Å². The van der Waals surface area contributed by atoms with E-state index in [0.29, 0.717) is 18.3 Å². The predicted molar refractivity (Wildman–Crippen MR) is 66.6 cm³/mol. The fourth-order valence-corrected chi connectivity index (χ4v) is 4.61. The lowest BCUT2D eigenvalue weighted by atomic mass is 10.1. The first-order chi connectivity index (χ1) is 8.50. The van der Waals surface area contributed by atoms with E-state index in [4.69, 9.17) is 0 Å². The van der Waals surface area contributed by atoms with Crippen LogP contribution in [0.3, 0.4) is 0 Å². The molecule has 0 unspecified atom stereocenters. The average Bonchev–Trinajstić information content (AvgIpc) is 2.94. The Morgan fingerprint density at radius 2 is 2.22 bits per heavy atom. The van der Waals surface area contributed by atoms with Gasteiger partial charge in [0.25, 0.3) is 10.0 Å². The number of rotatable bonds is 2. The van der Waals surface area contributed by atoms with Crippen LogP contribution in [-0.4, -0.2) is 48.0 Å². The van der Waals surface area contributed by atoms with Gasteiger partial charge in [0, 0.05) is 32.4 Å². The van der Waals surface area contributed by atoms with Gasteiger partial charge in [-0.2, -0.15) is 4.31 Å². The molecule has 0 aliphatic carbocycles. The number of hydrogen-bond acceptors (Lipinski definition) is 4. The summed E-state index contributed by atoms with van der Waals surface area (Å²) in [4.78, 5) is 4.15. The highest BCUT2D eigenvalue weighted by Crippen LogP contribution is 2.31. The van der Waals surface area contributed by atoms with E-state index < -0.39 is 10.0 Å². The van der Waals surface area contributed by atoms with Crippen molar-refractivity contribution in [2.75, 3.05) is 19.6 Å². The van der Waals surface area contributed by atoms with Gasteiger partial charge >= 0.3 is 0 Å². The third-order valence-corrected chi connectivity index (χ3v) is 5.85. The molecule has 0 spiro atoms. The number of imidazole rings is 1. The van der Waals surface area contributed by atoms with Crippen molar-refractivity contribution in [1.82, 2.24) is 19.2 Å². The molecule has 0 radical (unpaired) electrons. The molecule has 0 amide bonds. The maximum absolute atomic E-state index is 12.6. The molecule has 7 heteroatoms. The predicted octanol–water partition coefficient (Wildman–Crippen LogP) is -0.289. The Labute approximate surface area is 107 Å². The molecule has 1 aromatic rings. The molecule has 2 fully saturated rings. The first kappa shape index (κ1) is 12.1. The van der Waals surface area contributed by atoms with Gasteiger partial charge < -0.3 is 9.88 Å². The summed E-state index contributed by atoms with van der Waals surface area (Å²) in [6.07, 6.45) is 2.54. The molecule has 2 aliphatic rings. The number of aryl methyl sites for hydroxylation is 2. The number of hydrogen-bond donors (Lipinski definition) is 1. The van der Waals surface area contributed by atoms with E-state index in [0.717, 1.165) is 19.5 Å². The fraction of sp³-hybridized carbons (Fsp3) is 0.727. The number of nitrogens with one attached hydrogen (secondary N) is 1. The zero-order valence-electron chi connectivity index (χ0n) is 10.6. The SMILES string of the molecule is Cc1nc(S(=O)(=O)N2CC[C@H]3CNC[C@H]32)cn1C. The maximum Gasteiger partial charge on any atom is 0.262 e. The van der Waals surface area contributed by atoms with Gasteiger partial charge in [-0.15, -0.1) is 0 Å². The second kappa shape index (κ2) is 4.04. The van der Waals surface area contributed by atoms with E-state index in [1.165, 1.54) is 0 Å². The first-order valence-electron chi connectivity index (χ1n) is 6.22. The van der Waals surface area contributed by atoms with Gasteiger partial charge in [0.05, 0.1) is 0 Å². The van der Waals surface area contributed by atoms with E-state index in [1.807, 2.05) is 14.0 Å². The van der Waals surface area contributed by atoms with Crippen molar-refractivity contribution >= 4 is 10.0 Å². The minimum atomic E-state index is -3.43. The average molecular weight is 270 g/mol. The minimum Gasteiger partial charge on any atom is -0.337 e. The molecule has 2 atom stereocenters. The number of sulfonamides is 1. The lowest BCUT2D eigenvalue weighted by Gasteiger charge is -2.21. The third-order valence-electron chi connectivity index (χ3n) is 4.05. The van der Waals surface area contributed by atoms with Crippen LogP contribution < -0.4 is 5.32 Å². The van der Waals surface area contributed by atoms with E-state index in [9.17, 15) is 8.42 Å². The highest BCUT2D eigenvalue weighted by molar-refractivity contribution is 7.89. The van der Waals surface area contributed by atoms with Crippen molar-refractivity contribution in [1.29, 1.82) is 0 Å². The summed E-state index contributed by atoms with van der Waals surface area (Å²) in [5.41, 5.74) is 0. The third kappa shape index (κ3) is 1.69. The summed E-state index contributed by atoms with van der Waals surface area (Å²) < 4.78 is 28.5. The summed E-state index contributed by atoms with van der Waals surface area (Å²) in [6, 6.07) is 0.109. The lowest BCUT2D eigenvalue weighted by Crippen LogP contribution is -2.39. The Hall–Kier alpha value is -0.920. The van der Waals surface area contributed by atoms with Crippen molar-refractivity contribution in [3.05, 3.63) is 12.0 Å². The van der Waals surface area contributed by atoms with Gasteiger partial charge in [-0.3, -0.25) is 0 Å². The van der Waals surface area contributed by atoms with Crippen LogP contribution in [-0.2, 0) is 17.1 Å². The Kier molecular flexibility index (Phi) is 2.72. The van der Waals surface area contributed by atoms with Crippen LogP contribution in [0.25, 0.3) is 0 Å².